The standard InChI is InChI=1S/C16H29N/c1-2-14-8-10-16(11-9-14)12-17(13-16)15-6-4-3-5-7-15/h14-15H,2-13H2,1H3. The van der Waals surface area contributed by atoms with Crippen molar-refractivity contribution in [2.24, 2.45) is 11.3 Å². The fourth-order valence-electron chi connectivity index (χ4n) is 4.53. The molecular weight excluding hydrogens is 206 g/mol. The summed E-state index contributed by atoms with van der Waals surface area (Å²) in [5.74, 6) is 1.06. The van der Waals surface area contributed by atoms with Gasteiger partial charge in [-0.1, -0.05) is 32.6 Å². The lowest BCUT2D eigenvalue weighted by Crippen LogP contribution is -2.61. The smallest absolute Gasteiger partial charge is 0.00957 e. The van der Waals surface area contributed by atoms with E-state index in [0.717, 1.165) is 17.4 Å². The van der Waals surface area contributed by atoms with Gasteiger partial charge in [-0.3, -0.25) is 4.90 Å². The summed E-state index contributed by atoms with van der Waals surface area (Å²) >= 11 is 0. The highest BCUT2D eigenvalue weighted by Crippen LogP contribution is 2.47. The third kappa shape index (κ3) is 2.41. The number of hydrogen-bond donors (Lipinski definition) is 0. The molecule has 0 atom stereocenters. The highest BCUT2D eigenvalue weighted by molar-refractivity contribution is 5.00. The van der Waals surface area contributed by atoms with E-state index >= 15 is 0 Å². The summed E-state index contributed by atoms with van der Waals surface area (Å²) in [6.07, 6.45) is 15.0. The van der Waals surface area contributed by atoms with Crippen molar-refractivity contribution >= 4 is 0 Å². The van der Waals surface area contributed by atoms with Crippen molar-refractivity contribution in [3.63, 3.8) is 0 Å². The van der Waals surface area contributed by atoms with Crippen LogP contribution in [0.4, 0.5) is 0 Å². The van der Waals surface area contributed by atoms with E-state index in [1.54, 1.807) is 0 Å². The number of nitrogens with zero attached hydrogens (tertiary/aromatic N) is 1. The average Bonchev–Trinajstić information content (AvgIpc) is 2.37. The zero-order valence-corrected chi connectivity index (χ0v) is 11.6. The van der Waals surface area contributed by atoms with Crippen LogP contribution in [0.15, 0.2) is 0 Å². The molecule has 0 bridgehead atoms. The number of hydrogen-bond acceptors (Lipinski definition) is 1. The first-order valence-corrected chi connectivity index (χ1v) is 8.05. The molecule has 0 aromatic heterocycles. The Balaban J connectivity index is 1.47. The molecule has 17 heavy (non-hydrogen) atoms. The predicted octanol–water partition coefficient (Wildman–Crippen LogP) is 4.22. The molecule has 0 N–H and O–H groups in total. The molecular formula is C16H29N. The van der Waals surface area contributed by atoms with Gasteiger partial charge in [0, 0.05) is 19.1 Å². The molecule has 3 rings (SSSR count). The van der Waals surface area contributed by atoms with E-state index in [1.165, 1.54) is 77.3 Å². The van der Waals surface area contributed by atoms with Gasteiger partial charge in [-0.05, 0) is 49.9 Å². The monoisotopic (exact) mass is 235 g/mol. The zero-order valence-electron chi connectivity index (χ0n) is 11.6. The molecule has 0 radical (unpaired) electrons. The molecule has 1 spiro atoms. The van der Waals surface area contributed by atoms with Crippen LogP contribution in [-0.2, 0) is 0 Å². The van der Waals surface area contributed by atoms with Crippen LogP contribution in [-0.4, -0.2) is 24.0 Å². The Hall–Kier alpha value is -0.0400. The fourth-order valence-corrected chi connectivity index (χ4v) is 4.53. The predicted molar refractivity (Wildman–Crippen MR) is 73.1 cm³/mol. The highest BCUT2D eigenvalue weighted by atomic mass is 15.2. The summed E-state index contributed by atoms with van der Waals surface area (Å²) in [5.41, 5.74) is 0.781. The van der Waals surface area contributed by atoms with Crippen LogP contribution in [0.5, 0.6) is 0 Å². The van der Waals surface area contributed by atoms with Crippen molar-refractivity contribution in [2.75, 3.05) is 13.1 Å². The first-order valence-electron chi connectivity index (χ1n) is 8.05. The van der Waals surface area contributed by atoms with E-state index in [4.69, 9.17) is 0 Å². The Morgan fingerprint density at radius 1 is 0.941 bits per heavy atom. The lowest BCUT2D eigenvalue weighted by atomic mass is 9.65. The third-order valence-electron chi connectivity index (χ3n) is 5.91. The second-order valence-corrected chi connectivity index (χ2v) is 7.05. The molecule has 1 aliphatic heterocycles. The molecule has 0 unspecified atom stereocenters. The number of likely N-dealkylation sites (tertiary alicyclic amines) is 1. The maximum Gasteiger partial charge on any atom is 0.00957 e. The molecule has 0 aromatic rings. The average molecular weight is 235 g/mol. The van der Waals surface area contributed by atoms with Gasteiger partial charge in [0.05, 0.1) is 0 Å². The van der Waals surface area contributed by atoms with Crippen molar-refractivity contribution in [2.45, 2.75) is 77.2 Å². The lowest BCUT2D eigenvalue weighted by molar-refractivity contribution is -0.0702. The van der Waals surface area contributed by atoms with Crippen molar-refractivity contribution in [3.05, 3.63) is 0 Å². The summed E-state index contributed by atoms with van der Waals surface area (Å²) in [7, 11) is 0. The quantitative estimate of drug-likeness (QED) is 0.692. The van der Waals surface area contributed by atoms with Gasteiger partial charge in [-0.25, -0.2) is 0 Å². The van der Waals surface area contributed by atoms with Crippen LogP contribution >= 0.6 is 0 Å². The summed E-state index contributed by atoms with van der Waals surface area (Å²) in [6, 6.07) is 0.971. The molecule has 0 amide bonds. The van der Waals surface area contributed by atoms with E-state index in [0.29, 0.717) is 0 Å². The first-order chi connectivity index (χ1) is 8.31. The third-order valence-corrected chi connectivity index (χ3v) is 5.91. The molecule has 3 fully saturated rings. The van der Waals surface area contributed by atoms with Gasteiger partial charge in [-0.15, -0.1) is 0 Å². The Morgan fingerprint density at radius 3 is 2.18 bits per heavy atom. The van der Waals surface area contributed by atoms with E-state index in [9.17, 15) is 0 Å². The van der Waals surface area contributed by atoms with Gasteiger partial charge in [0.15, 0.2) is 0 Å². The van der Waals surface area contributed by atoms with Gasteiger partial charge in [-0.2, -0.15) is 0 Å². The minimum Gasteiger partial charge on any atom is -0.299 e. The molecule has 2 aliphatic carbocycles. The van der Waals surface area contributed by atoms with Crippen molar-refractivity contribution in [1.82, 2.24) is 4.90 Å². The summed E-state index contributed by atoms with van der Waals surface area (Å²) in [5, 5.41) is 0. The second kappa shape index (κ2) is 4.91. The van der Waals surface area contributed by atoms with E-state index in [2.05, 4.69) is 11.8 Å². The minimum absolute atomic E-state index is 0.781. The summed E-state index contributed by atoms with van der Waals surface area (Å²) < 4.78 is 0. The Labute approximate surface area is 107 Å². The van der Waals surface area contributed by atoms with Crippen molar-refractivity contribution in [3.8, 4) is 0 Å². The van der Waals surface area contributed by atoms with Crippen LogP contribution in [0.2, 0.25) is 0 Å². The largest absolute Gasteiger partial charge is 0.299 e. The molecule has 1 nitrogen and oxygen atoms in total. The molecule has 0 aromatic carbocycles. The van der Waals surface area contributed by atoms with Crippen molar-refractivity contribution < 1.29 is 0 Å². The van der Waals surface area contributed by atoms with Crippen LogP contribution in [0.3, 0.4) is 0 Å². The van der Waals surface area contributed by atoms with Crippen LogP contribution in [0, 0.1) is 11.3 Å². The van der Waals surface area contributed by atoms with Gasteiger partial charge in [0.25, 0.3) is 0 Å². The van der Waals surface area contributed by atoms with E-state index in [1.807, 2.05) is 0 Å². The van der Waals surface area contributed by atoms with Gasteiger partial charge in [0.1, 0.15) is 0 Å². The van der Waals surface area contributed by atoms with Crippen LogP contribution < -0.4 is 0 Å². The van der Waals surface area contributed by atoms with E-state index < -0.39 is 0 Å². The van der Waals surface area contributed by atoms with Crippen LogP contribution in [0.25, 0.3) is 0 Å². The summed E-state index contributed by atoms with van der Waals surface area (Å²) in [4.78, 5) is 2.82. The maximum atomic E-state index is 2.82. The topological polar surface area (TPSA) is 3.24 Å². The summed E-state index contributed by atoms with van der Waals surface area (Å²) in [6.45, 7) is 5.28. The normalized spacial score (nSPS) is 31.6. The van der Waals surface area contributed by atoms with Gasteiger partial charge in [0.2, 0.25) is 0 Å². The lowest BCUT2D eigenvalue weighted by Gasteiger charge is -2.56. The zero-order chi connectivity index (χ0) is 11.7. The van der Waals surface area contributed by atoms with Crippen molar-refractivity contribution in [1.29, 1.82) is 0 Å². The Morgan fingerprint density at radius 2 is 1.59 bits per heavy atom. The molecule has 1 saturated heterocycles. The fraction of sp³-hybridized carbons (Fsp3) is 1.00. The molecule has 1 heterocycles. The van der Waals surface area contributed by atoms with Crippen LogP contribution in [0.1, 0.15) is 71.1 Å². The molecule has 98 valence electrons. The molecule has 3 aliphatic rings. The first kappa shape index (κ1) is 12.0. The Bertz CT molecular complexity index is 238. The number of rotatable bonds is 2. The van der Waals surface area contributed by atoms with Gasteiger partial charge < -0.3 is 0 Å². The minimum atomic E-state index is 0.781. The molecule has 2 saturated carbocycles. The maximum absolute atomic E-state index is 2.82. The SMILES string of the molecule is CCC1CCC2(CC1)CN(C1CCCCC1)C2. The molecule has 1 heteroatoms. The Kier molecular flexibility index (Phi) is 3.47. The highest BCUT2D eigenvalue weighted by Gasteiger charge is 2.46. The van der Waals surface area contributed by atoms with E-state index in [-0.39, 0.29) is 0 Å². The second-order valence-electron chi connectivity index (χ2n) is 7.05. The van der Waals surface area contributed by atoms with Gasteiger partial charge >= 0.3 is 0 Å².